The van der Waals surface area contributed by atoms with Crippen molar-refractivity contribution in [3.8, 4) is 5.75 Å². The van der Waals surface area contributed by atoms with Gasteiger partial charge in [0, 0.05) is 24.4 Å². The molecule has 1 atom stereocenters. The second-order valence-electron chi connectivity index (χ2n) is 10.2. The van der Waals surface area contributed by atoms with Crippen molar-refractivity contribution in [2.45, 2.75) is 81.6 Å². The number of nitrogens with one attached hydrogen (secondary N) is 2. The largest absolute Gasteiger partial charge is 0.494 e. The predicted molar refractivity (Wildman–Crippen MR) is 165 cm³/mol. The molecule has 1 aromatic heterocycles. The molecule has 1 aliphatic rings. The molecular weight excluding hydrogens is 542 g/mol. The number of carbonyl (C=O) groups is 2. The summed E-state index contributed by atoms with van der Waals surface area (Å²) in [4.78, 5) is 29.6. The molecule has 1 aliphatic heterocycles. The molecule has 40 heavy (non-hydrogen) atoms. The number of thioether (sulfide) groups is 1. The normalized spacial score (nSPS) is 14.9. The summed E-state index contributed by atoms with van der Waals surface area (Å²) in [6.45, 7) is 4.30. The first-order chi connectivity index (χ1) is 19.6. The smallest absolute Gasteiger partial charge is 0.255 e. The topological polar surface area (TPSA) is 89.5 Å². The molecule has 216 valence electrons. The van der Waals surface area contributed by atoms with Gasteiger partial charge in [-0.2, -0.15) is 0 Å². The lowest BCUT2D eigenvalue weighted by molar-refractivity contribution is -0.119. The van der Waals surface area contributed by atoms with Gasteiger partial charge in [-0.15, -0.1) is 11.3 Å². The van der Waals surface area contributed by atoms with Crippen molar-refractivity contribution in [3.05, 3.63) is 48.0 Å². The van der Waals surface area contributed by atoms with Crippen LogP contribution in [0, 0.1) is 0 Å². The average molecular weight is 584 g/mol. The van der Waals surface area contributed by atoms with Gasteiger partial charge in [0.05, 0.1) is 28.7 Å². The zero-order valence-corrected chi connectivity index (χ0v) is 25.0. The number of hydrogen-bond acceptors (Lipinski definition) is 7. The summed E-state index contributed by atoms with van der Waals surface area (Å²) in [6.07, 6.45) is 12.4. The molecule has 0 aliphatic carbocycles. The summed E-state index contributed by atoms with van der Waals surface area (Å²) in [5.41, 5.74) is 2.14. The SMILES string of the molecule is CCCCCCCCCCOc1ccc(C(=O)Nc2ccc3nc(SCC(=O)NCC4CCCO4)sc3c2)cc1. The second kappa shape index (κ2) is 16.6. The number of fused-ring (bicyclic) bond motifs is 1. The Morgan fingerprint density at radius 2 is 1.82 bits per heavy atom. The highest BCUT2D eigenvalue weighted by atomic mass is 32.2. The molecule has 0 spiro atoms. The van der Waals surface area contributed by atoms with Crippen molar-refractivity contribution in [2.75, 3.05) is 30.8 Å². The summed E-state index contributed by atoms with van der Waals surface area (Å²) < 4.78 is 13.2. The molecule has 2 aromatic carbocycles. The molecule has 2 N–H and O–H groups in total. The third-order valence-electron chi connectivity index (χ3n) is 6.89. The van der Waals surface area contributed by atoms with Crippen LogP contribution in [0.5, 0.6) is 5.75 Å². The minimum Gasteiger partial charge on any atom is -0.494 e. The molecule has 7 nitrogen and oxygen atoms in total. The van der Waals surface area contributed by atoms with Gasteiger partial charge in [-0.25, -0.2) is 4.98 Å². The van der Waals surface area contributed by atoms with Crippen molar-refractivity contribution < 1.29 is 19.1 Å². The number of hydrogen-bond donors (Lipinski definition) is 2. The van der Waals surface area contributed by atoms with Crippen molar-refractivity contribution >= 4 is 50.8 Å². The Morgan fingerprint density at radius 1 is 1.05 bits per heavy atom. The number of carbonyl (C=O) groups excluding carboxylic acids is 2. The highest BCUT2D eigenvalue weighted by molar-refractivity contribution is 8.01. The first-order valence-electron chi connectivity index (χ1n) is 14.6. The fraction of sp³-hybridized carbons (Fsp3) is 0.516. The summed E-state index contributed by atoms with van der Waals surface area (Å²) in [7, 11) is 0. The fourth-order valence-corrected chi connectivity index (χ4v) is 6.52. The summed E-state index contributed by atoms with van der Waals surface area (Å²) in [5.74, 6) is 0.916. The van der Waals surface area contributed by atoms with Gasteiger partial charge in [0.1, 0.15) is 5.75 Å². The highest BCUT2D eigenvalue weighted by Crippen LogP contribution is 2.31. The first kappa shape index (κ1) is 30.3. The van der Waals surface area contributed by atoms with E-state index in [1.54, 1.807) is 12.1 Å². The number of nitrogens with zero attached hydrogens (tertiary/aromatic N) is 1. The zero-order chi connectivity index (χ0) is 28.0. The Bertz CT molecular complexity index is 1210. The molecule has 1 fully saturated rings. The zero-order valence-electron chi connectivity index (χ0n) is 23.4. The molecule has 3 aromatic rings. The predicted octanol–water partition coefficient (Wildman–Crippen LogP) is 7.46. The number of aromatic nitrogens is 1. The molecule has 0 bridgehead atoms. The Hall–Kier alpha value is -2.62. The number of ether oxygens (including phenoxy) is 2. The second-order valence-corrected chi connectivity index (χ2v) is 12.4. The maximum Gasteiger partial charge on any atom is 0.255 e. The number of anilines is 1. The van der Waals surface area contributed by atoms with Crippen LogP contribution in [0.1, 0.15) is 81.5 Å². The molecule has 1 unspecified atom stereocenters. The maximum atomic E-state index is 12.8. The lowest BCUT2D eigenvalue weighted by Gasteiger charge is -2.09. The number of amides is 2. The van der Waals surface area contributed by atoms with Gasteiger partial charge >= 0.3 is 0 Å². The van der Waals surface area contributed by atoms with E-state index in [0.717, 1.165) is 46.2 Å². The lowest BCUT2D eigenvalue weighted by atomic mass is 10.1. The van der Waals surface area contributed by atoms with Crippen molar-refractivity contribution in [1.29, 1.82) is 0 Å². The summed E-state index contributed by atoms with van der Waals surface area (Å²) in [5, 5.41) is 5.91. The third kappa shape index (κ3) is 10.1. The van der Waals surface area contributed by atoms with Gasteiger partial charge < -0.3 is 20.1 Å². The van der Waals surface area contributed by atoms with E-state index in [9.17, 15) is 9.59 Å². The van der Waals surface area contributed by atoms with E-state index >= 15 is 0 Å². The van der Waals surface area contributed by atoms with Crippen LogP contribution in [0.2, 0.25) is 0 Å². The van der Waals surface area contributed by atoms with Crippen molar-refractivity contribution in [2.24, 2.45) is 0 Å². The van der Waals surface area contributed by atoms with Crippen LogP contribution < -0.4 is 15.4 Å². The minimum atomic E-state index is -0.170. The fourth-order valence-electron chi connectivity index (χ4n) is 4.59. The van der Waals surface area contributed by atoms with E-state index < -0.39 is 0 Å². The van der Waals surface area contributed by atoms with E-state index in [0.29, 0.717) is 30.2 Å². The average Bonchev–Trinajstić information content (AvgIpc) is 3.64. The number of rotatable bonds is 17. The van der Waals surface area contributed by atoms with E-state index in [1.165, 1.54) is 68.0 Å². The van der Waals surface area contributed by atoms with Crippen LogP contribution in [0.4, 0.5) is 5.69 Å². The minimum absolute atomic E-state index is 0.0164. The molecule has 4 rings (SSSR count). The van der Waals surface area contributed by atoms with E-state index in [1.807, 2.05) is 30.3 Å². The molecule has 0 saturated carbocycles. The molecule has 2 heterocycles. The van der Waals surface area contributed by atoms with Gasteiger partial charge in [-0.1, -0.05) is 63.6 Å². The number of thiazole rings is 1. The van der Waals surface area contributed by atoms with E-state index in [4.69, 9.17) is 9.47 Å². The van der Waals surface area contributed by atoms with E-state index in [-0.39, 0.29) is 17.9 Å². The Balaban J connectivity index is 1.17. The Morgan fingerprint density at radius 3 is 2.58 bits per heavy atom. The molecule has 2 amide bonds. The Kier molecular flexibility index (Phi) is 12.6. The van der Waals surface area contributed by atoms with Crippen LogP contribution in [0.25, 0.3) is 10.2 Å². The maximum absolute atomic E-state index is 12.8. The third-order valence-corrected chi connectivity index (χ3v) is 9.05. The monoisotopic (exact) mass is 583 g/mol. The summed E-state index contributed by atoms with van der Waals surface area (Å²) in [6, 6.07) is 13.0. The van der Waals surface area contributed by atoms with Gasteiger partial charge in [0.25, 0.3) is 5.91 Å². The van der Waals surface area contributed by atoms with Crippen molar-refractivity contribution in [3.63, 3.8) is 0 Å². The van der Waals surface area contributed by atoms with Crippen LogP contribution in [-0.4, -0.2) is 48.4 Å². The molecule has 0 radical (unpaired) electrons. The summed E-state index contributed by atoms with van der Waals surface area (Å²) >= 11 is 2.94. The standard InChI is InChI=1S/C31H41N3O4S2/c1-2-3-4-5-6-7-8-9-18-37-25-15-12-23(13-16-25)30(36)33-24-14-17-27-28(20-24)40-31(34-27)39-22-29(35)32-21-26-11-10-19-38-26/h12-17,20,26H,2-11,18-19,21-22H2,1H3,(H,32,35)(H,33,36). The van der Waals surface area contributed by atoms with Gasteiger partial charge in [-0.3, -0.25) is 9.59 Å². The van der Waals surface area contributed by atoms with Gasteiger partial charge in [-0.05, 0) is 61.7 Å². The van der Waals surface area contributed by atoms with Crippen LogP contribution >= 0.6 is 23.1 Å². The molecule has 9 heteroatoms. The quantitative estimate of drug-likeness (QED) is 0.127. The van der Waals surface area contributed by atoms with E-state index in [2.05, 4.69) is 22.5 Å². The van der Waals surface area contributed by atoms with Crippen molar-refractivity contribution in [1.82, 2.24) is 10.3 Å². The molecule has 1 saturated heterocycles. The van der Waals surface area contributed by atoms with Crippen LogP contribution in [0.15, 0.2) is 46.8 Å². The van der Waals surface area contributed by atoms with Crippen LogP contribution in [-0.2, 0) is 9.53 Å². The highest BCUT2D eigenvalue weighted by Gasteiger charge is 2.16. The molecular formula is C31H41N3O4S2. The number of benzene rings is 2. The Labute approximate surface area is 245 Å². The van der Waals surface area contributed by atoms with Gasteiger partial charge in [0.15, 0.2) is 4.34 Å². The van der Waals surface area contributed by atoms with Crippen LogP contribution in [0.3, 0.4) is 0 Å². The first-order valence-corrected chi connectivity index (χ1v) is 16.4. The van der Waals surface area contributed by atoms with Gasteiger partial charge in [0.2, 0.25) is 5.91 Å². The lowest BCUT2D eigenvalue weighted by Crippen LogP contribution is -2.32. The number of unbranched alkanes of at least 4 members (excludes halogenated alkanes) is 7.